The van der Waals surface area contributed by atoms with Crippen LogP contribution in [0.3, 0.4) is 0 Å². The molecule has 0 unspecified atom stereocenters. The number of nitrogens with one attached hydrogen (secondary N) is 1. The van der Waals surface area contributed by atoms with Gasteiger partial charge in [0.2, 0.25) is 0 Å². The summed E-state index contributed by atoms with van der Waals surface area (Å²) in [6, 6.07) is 5.92. The van der Waals surface area contributed by atoms with Crippen molar-refractivity contribution in [2.24, 2.45) is 5.10 Å². The van der Waals surface area contributed by atoms with Crippen LogP contribution in [0, 0.1) is 5.82 Å². The molecule has 1 aromatic rings. The first-order chi connectivity index (χ1) is 10.7. The molecule has 1 amide bonds. The van der Waals surface area contributed by atoms with E-state index in [0.717, 1.165) is 38.4 Å². The van der Waals surface area contributed by atoms with Crippen LogP contribution in [-0.2, 0) is 9.47 Å². The topological polar surface area (TPSA) is 87.1 Å². The zero-order valence-corrected chi connectivity index (χ0v) is 13.8. The zero-order chi connectivity index (χ0) is 15.4. The van der Waals surface area contributed by atoms with Crippen molar-refractivity contribution < 1.29 is 41.4 Å². The summed E-state index contributed by atoms with van der Waals surface area (Å²) in [5, 5.41) is 5.44. The number of cyclic esters (lactones) is 1. The number of halogens is 2. The molecule has 0 aromatic heterocycles. The van der Waals surface area contributed by atoms with Crippen molar-refractivity contribution in [1.29, 1.82) is 0 Å². The standard InChI is InChI=1S/C15H18FN3O3.ClH.H2O/c16-13-3-1-12(2-4-13)9-17-19-11-14(22-15(19)20)10-18-5-7-21-8-6-18;;/h1-4,9,14H,5-8,10-11H2;1H;1H2/b17-9+;;/t14-;;/m1../s1. The van der Waals surface area contributed by atoms with Crippen LogP contribution in [0.1, 0.15) is 5.56 Å². The van der Waals surface area contributed by atoms with Crippen molar-refractivity contribution in [2.45, 2.75) is 6.10 Å². The Morgan fingerprint density at radius 2 is 1.96 bits per heavy atom. The minimum absolute atomic E-state index is 0. The van der Waals surface area contributed by atoms with E-state index in [1.165, 1.54) is 28.3 Å². The highest BCUT2D eigenvalue weighted by Gasteiger charge is 2.34. The lowest BCUT2D eigenvalue weighted by Gasteiger charge is -2.25. The van der Waals surface area contributed by atoms with Gasteiger partial charge in [-0.2, -0.15) is 10.1 Å². The molecule has 0 spiro atoms. The van der Waals surface area contributed by atoms with Gasteiger partial charge in [0.15, 0.2) is 6.10 Å². The second-order valence-electron chi connectivity index (χ2n) is 5.45. The Morgan fingerprint density at radius 1 is 1.29 bits per heavy atom. The van der Waals surface area contributed by atoms with E-state index in [4.69, 9.17) is 9.47 Å². The Labute approximate surface area is 145 Å². The molecule has 1 atom stereocenters. The van der Waals surface area contributed by atoms with Gasteiger partial charge in [-0.1, -0.05) is 12.1 Å². The minimum Gasteiger partial charge on any atom is -1.00 e. The third-order valence-corrected chi connectivity index (χ3v) is 3.79. The Morgan fingerprint density at radius 3 is 2.62 bits per heavy atom. The van der Waals surface area contributed by atoms with Crippen LogP contribution >= 0.6 is 0 Å². The summed E-state index contributed by atoms with van der Waals surface area (Å²) < 4.78 is 23.5. The largest absolute Gasteiger partial charge is 1.00 e. The van der Waals surface area contributed by atoms with Crippen molar-refractivity contribution in [3.05, 3.63) is 35.6 Å². The number of hydrogen-bond acceptors (Lipinski definition) is 4. The third-order valence-electron chi connectivity index (χ3n) is 3.79. The predicted molar refractivity (Wildman–Crippen MR) is 81.0 cm³/mol. The molecule has 2 saturated heterocycles. The number of hydrazone groups is 1. The van der Waals surface area contributed by atoms with Crippen molar-refractivity contribution in [1.82, 2.24) is 5.01 Å². The quantitative estimate of drug-likeness (QED) is 0.556. The molecular weight excluding hydrogens is 341 g/mol. The van der Waals surface area contributed by atoms with Gasteiger partial charge in [-0.05, 0) is 17.7 Å². The summed E-state index contributed by atoms with van der Waals surface area (Å²) in [6.45, 7) is 4.60. The fraction of sp³-hybridized carbons (Fsp3) is 0.467. The van der Waals surface area contributed by atoms with Gasteiger partial charge in [0.05, 0.1) is 26.0 Å². The normalized spacial score (nSPS) is 21.3. The predicted octanol–water partition coefficient (Wildman–Crippen LogP) is -3.93. The molecule has 2 heterocycles. The van der Waals surface area contributed by atoms with E-state index in [1.807, 2.05) is 0 Å². The molecule has 2 aliphatic heterocycles. The van der Waals surface area contributed by atoms with E-state index in [1.54, 1.807) is 12.1 Å². The van der Waals surface area contributed by atoms with Crippen LogP contribution in [0.15, 0.2) is 29.4 Å². The van der Waals surface area contributed by atoms with E-state index in [9.17, 15) is 9.18 Å². The van der Waals surface area contributed by atoms with Crippen LogP contribution in [0.2, 0.25) is 0 Å². The molecule has 2 fully saturated rings. The van der Waals surface area contributed by atoms with Gasteiger partial charge in [-0.25, -0.2) is 9.18 Å². The zero-order valence-electron chi connectivity index (χ0n) is 13.1. The van der Waals surface area contributed by atoms with Gasteiger partial charge in [0.25, 0.3) is 0 Å². The lowest BCUT2D eigenvalue weighted by molar-refractivity contribution is -0.910. The average Bonchev–Trinajstić information content (AvgIpc) is 2.87. The van der Waals surface area contributed by atoms with E-state index in [0.29, 0.717) is 6.54 Å². The molecule has 0 saturated carbocycles. The average molecular weight is 362 g/mol. The summed E-state index contributed by atoms with van der Waals surface area (Å²) in [5.41, 5.74) is 0.733. The fourth-order valence-corrected chi connectivity index (χ4v) is 2.58. The van der Waals surface area contributed by atoms with E-state index < -0.39 is 6.09 Å². The summed E-state index contributed by atoms with van der Waals surface area (Å²) in [5.74, 6) is -0.300. The minimum atomic E-state index is -0.434. The molecule has 2 aliphatic rings. The molecule has 1 aromatic carbocycles. The molecule has 0 bridgehead atoms. The maximum absolute atomic E-state index is 12.8. The second-order valence-corrected chi connectivity index (χ2v) is 5.45. The van der Waals surface area contributed by atoms with Gasteiger partial charge >= 0.3 is 6.09 Å². The fourth-order valence-electron chi connectivity index (χ4n) is 2.58. The number of nitrogens with zero attached hydrogens (tertiary/aromatic N) is 2. The molecule has 3 rings (SSSR count). The van der Waals surface area contributed by atoms with Crippen LogP contribution in [0.4, 0.5) is 9.18 Å². The monoisotopic (exact) mass is 361 g/mol. The number of ether oxygens (including phenoxy) is 2. The van der Waals surface area contributed by atoms with Crippen molar-refractivity contribution in [3.8, 4) is 0 Å². The molecular formula is C15H21ClFN3O4. The van der Waals surface area contributed by atoms with E-state index in [-0.39, 0.29) is 29.8 Å². The van der Waals surface area contributed by atoms with Crippen LogP contribution in [0.5, 0.6) is 0 Å². The van der Waals surface area contributed by atoms with E-state index in [2.05, 4.69) is 5.10 Å². The highest BCUT2D eigenvalue weighted by atomic mass is 35.5. The van der Waals surface area contributed by atoms with Gasteiger partial charge < -0.3 is 32.3 Å². The third kappa shape index (κ3) is 5.41. The van der Waals surface area contributed by atoms with Crippen molar-refractivity contribution in [2.75, 3.05) is 39.4 Å². The smallest absolute Gasteiger partial charge is 0.431 e. The molecule has 7 nitrogen and oxygen atoms in total. The summed E-state index contributed by atoms with van der Waals surface area (Å²) in [4.78, 5) is 13.2. The van der Waals surface area contributed by atoms with Crippen LogP contribution in [0.25, 0.3) is 0 Å². The van der Waals surface area contributed by atoms with Crippen molar-refractivity contribution >= 4 is 12.3 Å². The summed E-state index contributed by atoms with van der Waals surface area (Å²) in [6.07, 6.45) is 0.951. The molecule has 0 radical (unpaired) electrons. The first kappa shape index (κ1) is 20.3. The Balaban J connectivity index is 0.00000144. The SMILES string of the molecule is O.O=C1O[C@H](C[NH+]2CCOCC2)CN1/N=C/c1ccc(F)cc1.[Cl-]. The second kappa shape index (κ2) is 9.53. The molecule has 0 aliphatic carbocycles. The van der Waals surface area contributed by atoms with Crippen molar-refractivity contribution in [3.63, 3.8) is 0 Å². The summed E-state index contributed by atoms with van der Waals surface area (Å²) in [7, 11) is 0. The number of morpholine rings is 1. The van der Waals surface area contributed by atoms with Gasteiger partial charge in [0, 0.05) is 0 Å². The molecule has 9 heteroatoms. The highest BCUT2D eigenvalue weighted by Crippen LogP contribution is 2.10. The van der Waals surface area contributed by atoms with Gasteiger partial charge in [-0.15, -0.1) is 0 Å². The van der Waals surface area contributed by atoms with Crippen LogP contribution < -0.4 is 17.3 Å². The number of carbonyl (C=O) groups is 1. The number of carbonyl (C=O) groups excluding carboxylic acids is 1. The van der Waals surface area contributed by atoms with E-state index >= 15 is 0 Å². The molecule has 3 N–H and O–H groups in total. The highest BCUT2D eigenvalue weighted by molar-refractivity contribution is 5.81. The number of amides is 1. The lowest BCUT2D eigenvalue weighted by Crippen LogP contribution is -3.15. The van der Waals surface area contributed by atoms with Crippen LogP contribution in [-0.4, -0.2) is 68.3 Å². The number of hydrogen-bond donors (Lipinski definition) is 1. The van der Waals surface area contributed by atoms with Gasteiger partial charge in [0.1, 0.15) is 25.5 Å². The summed E-state index contributed by atoms with van der Waals surface area (Å²) >= 11 is 0. The molecule has 24 heavy (non-hydrogen) atoms. The number of rotatable bonds is 4. The first-order valence-corrected chi connectivity index (χ1v) is 7.40. The Hall–Kier alpha value is -1.74. The molecule has 134 valence electrons. The number of benzene rings is 1. The van der Waals surface area contributed by atoms with Gasteiger partial charge in [-0.3, -0.25) is 0 Å². The lowest BCUT2D eigenvalue weighted by atomic mass is 10.2. The first-order valence-electron chi connectivity index (χ1n) is 7.40. The maximum Gasteiger partial charge on any atom is 0.431 e. The Bertz CT molecular complexity index is 552. The maximum atomic E-state index is 12.8. The Kier molecular flexibility index (Phi) is 8.06. The number of quaternary nitrogens is 1.